The Labute approximate surface area is 176 Å². The summed E-state index contributed by atoms with van der Waals surface area (Å²) in [7, 11) is 1.77. The molecular formula is C20H35IN4O. The van der Waals surface area contributed by atoms with Crippen LogP contribution >= 0.6 is 24.0 Å². The number of aryl methyl sites for hydroxylation is 1. The van der Waals surface area contributed by atoms with Gasteiger partial charge in [-0.1, -0.05) is 30.3 Å². The second-order valence-corrected chi connectivity index (χ2v) is 6.56. The lowest BCUT2D eigenvalue weighted by atomic mass is 10.1. The highest BCUT2D eigenvalue weighted by Gasteiger charge is 2.23. The molecule has 1 atom stereocenters. The monoisotopic (exact) mass is 474 g/mol. The highest BCUT2D eigenvalue weighted by Crippen LogP contribution is 2.16. The van der Waals surface area contributed by atoms with Gasteiger partial charge in [-0.2, -0.15) is 0 Å². The third-order valence-corrected chi connectivity index (χ3v) is 4.66. The molecule has 2 N–H and O–H groups in total. The van der Waals surface area contributed by atoms with E-state index in [1.165, 1.54) is 24.9 Å². The van der Waals surface area contributed by atoms with E-state index in [0.29, 0.717) is 6.04 Å². The Morgan fingerprint density at radius 1 is 1.27 bits per heavy atom. The van der Waals surface area contributed by atoms with Gasteiger partial charge in [-0.05, 0) is 44.7 Å². The van der Waals surface area contributed by atoms with E-state index < -0.39 is 0 Å². The molecule has 0 amide bonds. The molecule has 1 heterocycles. The number of ether oxygens (including phenoxy) is 1. The zero-order valence-electron chi connectivity index (χ0n) is 16.2. The van der Waals surface area contributed by atoms with Crippen molar-refractivity contribution >= 4 is 29.9 Å². The lowest BCUT2D eigenvalue weighted by Crippen LogP contribution is -2.40. The van der Waals surface area contributed by atoms with Gasteiger partial charge in [-0.25, -0.2) is 0 Å². The van der Waals surface area contributed by atoms with Gasteiger partial charge in [0.25, 0.3) is 0 Å². The normalized spacial score (nSPS) is 17.8. The van der Waals surface area contributed by atoms with E-state index in [0.717, 1.165) is 51.6 Å². The van der Waals surface area contributed by atoms with Crippen LogP contribution in [0.15, 0.2) is 35.3 Å². The van der Waals surface area contributed by atoms with E-state index in [4.69, 9.17) is 9.73 Å². The topological polar surface area (TPSA) is 48.9 Å². The molecule has 0 saturated carbocycles. The number of hydrogen-bond acceptors (Lipinski definition) is 3. The number of rotatable bonds is 10. The minimum atomic E-state index is 0. The first-order chi connectivity index (χ1) is 12.3. The summed E-state index contributed by atoms with van der Waals surface area (Å²) in [6.45, 7) is 7.79. The maximum atomic E-state index is 5.22. The van der Waals surface area contributed by atoms with E-state index in [1.54, 1.807) is 7.11 Å². The van der Waals surface area contributed by atoms with Gasteiger partial charge in [-0.15, -0.1) is 24.0 Å². The Balaban J connectivity index is 0.00000338. The van der Waals surface area contributed by atoms with Crippen molar-refractivity contribution in [3.8, 4) is 0 Å². The van der Waals surface area contributed by atoms with E-state index in [9.17, 15) is 0 Å². The number of aliphatic imine (C=N–C) groups is 1. The van der Waals surface area contributed by atoms with Gasteiger partial charge in [0.05, 0.1) is 13.2 Å². The predicted octanol–water partition coefficient (Wildman–Crippen LogP) is 2.90. The number of likely N-dealkylation sites (tertiary alicyclic amines) is 1. The summed E-state index contributed by atoms with van der Waals surface area (Å²) in [4.78, 5) is 7.32. The molecule has 6 heteroatoms. The van der Waals surface area contributed by atoms with Crippen LogP contribution in [0.4, 0.5) is 0 Å². The van der Waals surface area contributed by atoms with Crippen LogP contribution in [0.1, 0.15) is 31.7 Å². The average molecular weight is 474 g/mol. The van der Waals surface area contributed by atoms with Crippen LogP contribution in [0.2, 0.25) is 0 Å². The van der Waals surface area contributed by atoms with Gasteiger partial charge in [0.2, 0.25) is 0 Å². The SMILES string of the molecule is CCNC(=NCC1CCCN1CCOC)NCCCc1ccccc1.I. The third-order valence-electron chi connectivity index (χ3n) is 4.66. The Hall–Kier alpha value is -0.860. The molecule has 0 bridgehead atoms. The van der Waals surface area contributed by atoms with Gasteiger partial charge < -0.3 is 15.4 Å². The number of methoxy groups -OCH3 is 1. The number of nitrogens with zero attached hydrogens (tertiary/aromatic N) is 2. The molecule has 148 valence electrons. The maximum absolute atomic E-state index is 5.22. The lowest BCUT2D eigenvalue weighted by Gasteiger charge is -2.23. The van der Waals surface area contributed by atoms with Crippen molar-refractivity contribution in [3.05, 3.63) is 35.9 Å². The van der Waals surface area contributed by atoms with E-state index in [1.807, 2.05) is 0 Å². The summed E-state index contributed by atoms with van der Waals surface area (Å²) in [5, 5.41) is 6.83. The predicted molar refractivity (Wildman–Crippen MR) is 121 cm³/mol. The molecule has 0 aromatic heterocycles. The number of guanidine groups is 1. The van der Waals surface area contributed by atoms with Crippen molar-refractivity contribution in [1.29, 1.82) is 0 Å². The zero-order valence-corrected chi connectivity index (χ0v) is 18.6. The molecule has 0 aliphatic carbocycles. The molecule has 0 spiro atoms. The van der Waals surface area contributed by atoms with Gasteiger partial charge >= 0.3 is 0 Å². The van der Waals surface area contributed by atoms with Crippen LogP contribution in [-0.4, -0.2) is 63.3 Å². The Morgan fingerprint density at radius 2 is 2.08 bits per heavy atom. The fourth-order valence-electron chi connectivity index (χ4n) is 3.29. The van der Waals surface area contributed by atoms with Crippen molar-refractivity contribution in [1.82, 2.24) is 15.5 Å². The molecule has 2 rings (SSSR count). The van der Waals surface area contributed by atoms with Crippen LogP contribution in [-0.2, 0) is 11.2 Å². The van der Waals surface area contributed by atoms with Gasteiger partial charge in [-0.3, -0.25) is 9.89 Å². The minimum Gasteiger partial charge on any atom is -0.383 e. The van der Waals surface area contributed by atoms with E-state index in [2.05, 4.69) is 52.8 Å². The highest BCUT2D eigenvalue weighted by molar-refractivity contribution is 14.0. The standard InChI is InChI=1S/C20H34N4O.HI/c1-3-21-20(22-13-7-11-18-9-5-4-6-10-18)23-17-19-12-8-14-24(19)15-16-25-2;/h4-6,9-10,19H,3,7-8,11-17H2,1-2H3,(H2,21,22,23);1H. The number of benzene rings is 1. The fraction of sp³-hybridized carbons (Fsp3) is 0.650. The fourth-order valence-corrected chi connectivity index (χ4v) is 3.29. The molecule has 1 unspecified atom stereocenters. The van der Waals surface area contributed by atoms with Crippen LogP contribution < -0.4 is 10.6 Å². The summed E-state index contributed by atoms with van der Waals surface area (Å²) in [5.41, 5.74) is 1.39. The minimum absolute atomic E-state index is 0. The van der Waals surface area contributed by atoms with Crippen LogP contribution in [0.5, 0.6) is 0 Å². The molecule has 26 heavy (non-hydrogen) atoms. The Morgan fingerprint density at radius 3 is 2.81 bits per heavy atom. The highest BCUT2D eigenvalue weighted by atomic mass is 127. The molecule has 1 fully saturated rings. The van der Waals surface area contributed by atoms with E-state index >= 15 is 0 Å². The molecule has 1 aromatic carbocycles. The Bertz CT molecular complexity index is 498. The number of hydrogen-bond donors (Lipinski definition) is 2. The van der Waals surface area contributed by atoms with Crippen molar-refractivity contribution in [2.75, 3.05) is 46.4 Å². The molecule has 1 aromatic rings. The molecule has 1 aliphatic rings. The van der Waals surface area contributed by atoms with Gasteiger partial charge in [0.15, 0.2) is 5.96 Å². The zero-order chi connectivity index (χ0) is 17.7. The van der Waals surface area contributed by atoms with Crippen LogP contribution in [0.3, 0.4) is 0 Å². The van der Waals surface area contributed by atoms with Crippen molar-refractivity contribution in [2.45, 2.75) is 38.6 Å². The van der Waals surface area contributed by atoms with Crippen LogP contribution in [0, 0.1) is 0 Å². The second-order valence-electron chi connectivity index (χ2n) is 6.56. The van der Waals surface area contributed by atoms with Gasteiger partial charge in [0.1, 0.15) is 0 Å². The first-order valence-corrected chi connectivity index (χ1v) is 9.62. The van der Waals surface area contributed by atoms with Gasteiger partial charge in [0, 0.05) is 32.8 Å². The second kappa shape index (κ2) is 14.2. The van der Waals surface area contributed by atoms with E-state index in [-0.39, 0.29) is 24.0 Å². The summed E-state index contributed by atoms with van der Waals surface area (Å²) < 4.78 is 5.22. The molecule has 5 nitrogen and oxygen atoms in total. The molecular weight excluding hydrogens is 439 g/mol. The largest absolute Gasteiger partial charge is 0.383 e. The first kappa shape index (κ1) is 23.2. The summed E-state index contributed by atoms with van der Waals surface area (Å²) in [6.07, 6.45) is 4.71. The molecule has 1 saturated heterocycles. The maximum Gasteiger partial charge on any atom is 0.191 e. The average Bonchev–Trinajstić information content (AvgIpc) is 3.09. The number of halogens is 1. The summed E-state index contributed by atoms with van der Waals surface area (Å²) in [5.74, 6) is 0.939. The number of nitrogens with one attached hydrogen (secondary N) is 2. The third kappa shape index (κ3) is 8.68. The quantitative estimate of drug-likeness (QED) is 0.237. The Kier molecular flexibility index (Phi) is 12.7. The molecule has 1 aliphatic heterocycles. The van der Waals surface area contributed by atoms with Crippen molar-refractivity contribution in [3.63, 3.8) is 0 Å². The smallest absolute Gasteiger partial charge is 0.191 e. The van der Waals surface area contributed by atoms with Crippen molar-refractivity contribution < 1.29 is 4.74 Å². The lowest BCUT2D eigenvalue weighted by molar-refractivity contribution is 0.142. The summed E-state index contributed by atoms with van der Waals surface area (Å²) >= 11 is 0. The van der Waals surface area contributed by atoms with Crippen molar-refractivity contribution in [2.24, 2.45) is 4.99 Å². The first-order valence-electron chi connectivity index (χ1n) is 9.62. The summed E-state index contributed by atoms with van der Waals surface area (Å²) in [6, 6.07) is 11.2. The molecule has 0 radical (unpaired) electrons. The van der Waals surface area contributed by atoms with Crippen LogP contribution in [0.25, 0.3) is 0 Å².